The van der Waals surface area contributed by atoms with Gasteiger partial charge in [0, 0.05) is 18.2 Å². The van der Waals surface area contributed by atoms with Gasteiger partial charge in [-0.1, -0.05) is 26.0 Å². The maximum atomic E-state index is 12.2. The lowest BCUT2D eigenvalue weighted by Crippen LogP contribution is -2.56. The molecule has 1 aromatic heterocycles. The highest BCUT2D eigenvalue weighted by atomic mass is 32.2. The van der Waals surface area contributed by atoms with Crippen molar-refractivity contribution in [1.29, 1.82) is 0 Å². The van der Waals surface area contributed by atoms with E-state index in [1.54, 1.807) is 0 Å². The topological polar surface area (TPSA) is 97.4 Å². The molecule has 3 aliphatic rings. The third-order valence-corrected chi connectivity index (χ3v) is 7.36. The van der Waals surface area contributed by atoms with Crippen molar-refractivity contribution in [1.82, 2.24) is 10.3 Å². The molecule has 3 heterocycles. The smallest absolute Gasteiger partial charge is 0.320 e. The average Bonchev–Trinajstić information content (AvgIpc) is 3.08. The number of fused-ring (bicyclic) bond motifs is 5. The molecule has 1 saturated carbocycles. The molecule has 0 spiro atoms. The highest BCUT2D eigenvalue weighted by Crippen LogP contribution is 2.51. The van der Waals surface area contributed by atoms with Crippen LogP contribution in [0.5, 0.6) is 0 Å². The van der Waals surface area contributed by atoms with Gasteiger partial charge in [0.1, 0.15) is 5.82 Å². The molecule has 1 aromatic rings. The summed E-state index contributed by atoms with van der Waals surface area (Å²) in [7, 11) is -3.34. The number of nitrogens with one attached hydrogen (secondary N) is 2. The van der Waals surface area contributed by atoms with Gasteiger partial charge in [-0.25, -0.2) is 18.2 Å². The van der Waals surface area contributed by atoms with Crippen molar-refractivity contribution < 1.29 is 17.9 Å². The van der Waals surface area contributed by atoms with E-state index in [0.717, 1.165) is 6.42 Å². The third-order valence-electron chi connectivity index (χ3n) is 5.30. The van der Waals surface area contributed by atoms with Gasteiger partial charge < -0.3 is 10.1 Å². The first-order chi connectivity index (χ1) is 12.3. The summed E-state index contributed by atoms with van der Waals surface area (Å²) in [6.45, 7) is 3.71. The van der Waals surface area contributed by atoms with Gasteiger partial charge in [0.25, 0.3) is 0 Å². The van der Waals surface area contributed by atoms with Gasteiger partial charge >= 0.3 is 6.03 Å². The fraction of sp³-hybridized carbons (Fsp3) is 0.556. The lowest BCUT2D eigenvalue weighted by Gasteiger charge is -2.43. The summed E-state index contributed by atoms with van der Waals surface area (Å²) in [4.78, 5) is 16.4. The zero-order valence-electron chi connectivity index (χ0n) is 14.8. The van der Waals surface area contributed by atoms with Crippen LogP contribution >= 0.6 is 0 Å². The van der Waals surface area contributed by atoms with Crippen LogP contribution in [0.2, 0.25) is 0 Å². The number of rotatable bonds is 5. The van der Waals surface area contributed by atoms with E-state index in [9.17, 15) is 13.2 Å². The van der Waals surface area contributed by atoms with Gasteiger partial charge in [-0.2, -0.15) is 0 Å². The minimum absolute atomic E-state index is 0.0413. The zero-order chi connectivity index (χ0) is 18.5. The maximum absolute atomic E-state index is 12.2. The molecule has 1 aliphatic carbocycles. The van der Waals surface area contributed by atoms with Crippen LogP contribution in [0.25, 0.3) is 0 Å². The number of carbonyl (C=O) groups is 1. The molecule has 4 rings (SSSR count). The molecule has 26 heavy (non-hydrogen) atoms. The average molecular weight is 377 g/mol. The van der Waals surface area contributed by atoms with E-state index in [2.05, 4.69) is 27.8 Å². The normalized spacial score (nSPS) is 31.6. The van der Waals surface area contributed by atoms with Crippen LogP contribution in [0.3, 0.4) is 0 Å². The van der Waals surface area contributed by atoms with Crippen LogP contribution in [-0.2, 0) is 14.6 Å². The molecule has 0 aromatic carbocycles. The number of anilines is 1. The Bertz CT molecular complexity index is 834. The highest BCUT2D eigenvalue weighted by molar-refractivity contribution is 7.91. The fourth-order valence-corrected chi connectivity index (χ4v) is 5.70. The van der Waals surface area contributed by atoms with Crippen molar-refractivity contribution in [2.24, 2.45) is 17.8 Å². The summed E-state index contributed by atoms with van der Waals surface area (Å²) in [5, 5.41) is 5.64. The van der Waals surface area contributed by atoms with E-state index in [1.807, 2.05) is 13.8 Å². The number of hydrogen-bond acceptors (Lipinski definition) is 5. The number of urea groups is 1. The number of amides is 2. The number of nitrogens with zero attached hydrogens (tertiary/aromatic N) is 1. The Balaban J connectivity index is 1.33. The molecule has 8 heteroatoms. The van der Waals surface area contributed by atoms with Crippen LogP contribution in [0.15, 0.2) is 35.4 Å². The SMILES string of the molecule is CC(C)CS(=O)(=O)c1ccc(NC(=O)N[C@@H]2C[C@@H]3[C@H]2[C@H]2C=C[C@@H]3O2)nc1. The van der Waals surface area contributed by atoms with Crippen molar-refractivity contribution in [3.63, 3.8) is 0 Å². The molecule has 0 radical (unpaired) electrons. The number of carbonyl (C=O) groups excluding carboxylic acids is 1. The summed E-state index contributed by atoms with van der Waals surface area (Å²) in [6, 6.07) is 2.77. The van der Waals surface area contributed by atoms with Gasteiger partial charge in [-0.05, 0) is 30.4 Å². The molecule has 7 nitrogen and oxygen atoms in total. The summed E-state index contributed by atoms with van der Waals surface area (Å²) >= 11 is 0. The first-order valence-electron chi connectivity index (χ1n) is 8.93. The van der Waals surface area contributed by atoms with Crippen LogP contribution in [0.1, 0.15) is 20.3 Å². The van der Waals surface area contributed by atoms with Crippen molar-refractivity contribution >= 4 is 21.7 Å². The summed E-state index contributed by atoms with van der Waals surface area (Å²) in [5.41, 5.74) is 0. The van der Waals surface area contributed by atoms with Crippen molar-refractivity contribution in [2.75, 3.05) is 11.1 Å². The predicted octanol–water partition coefficient (Wildman–Crippen LogP) is 1.97. The molecular weight excluding hydrogens is 354 g/mol. The number of ether oxygens (including phenoxy) is 1. The van der Waals surface area contributed by atoms with E-state index < -0.39 is 9.84 Å². The second kappa shape index (κ2) is 6.35. The molecule has 1 saturated heterocycles. The second-order valence-electron chi connectivity index (χ2n) is 7.69. The lowest BCUT2D eigenvalue weighted by molar-refractivity contribution is 0.108. The lowest BCUT2D eigenvalue weighted by atomic mass is 9.64. The van der Waals surface area contributed by atoms with Gasteiger partial charge in [0.15, 0.2) is 9.84 Å². The first-order valence-corrected chi connectivity index (χ1v) is 10.6. The summed E-state index contributed by atoms with van der Waals surface area (Å²) in [5.74, 6) is 1.31. The van der Waals surface area contributed by atoms with E-state index in [0.29, 0.717) is 17.7 Å². The molecule has 0 unspecified atom stereocenters. The van der Waals surface area contributed by atoms with Gasteiger partial charge in [-0.3, -0.25) is 5.32 Å². The minimum atomic E-state index is -3.34. The van der Waals surface area contributed by atoms with Gasteiger partial charge in [0.05, 0.1) is 22.9 Å². The summed E-state index contributed by atoms with van der Waals surface area (Å²) in [6.07, 6.45) is 6.74. The summed E-state index contributed by atoms with van der Waals surface area (Å²) < 4.78 is 30.2. The number of sulfone groups is 1. The number of pyridine rings is 1. The zero-order valence-corrected chi connectivity index (χ0v) is 15.6. The maximum Gasteiger partial charge on any atom is 0.320 e. The molecule has 2 aliphatic heterocycles. The van der Waals surface area contributed by atoms with Crippen LogP contribution in [-0.4, -0.2) is 43.4 Å². The van der Waals surface area contributed by atoms with Crippen LogP contribution in [0.4, 0.5) is 10.6 Å². The van der Waals surface area contributed by atoms with E-state index in [4.69, 9.17) is 4.74 Å². The number of aromatic nitrogens is 1. The molecule has 2 amide bonds. The van der Waals surface area contributed by atoms with Crippen molar-refractivity contribution in [3.8, 4) is 0 Å². The largest absolute Gasteiger partial charge is 0.366 e. The Morgan fingerprint density at radius 2 is 2.08 bits per heavy atom. The third kappa shape index (κ3) is 3.12. The highest BCUT2D eigenvalue weighted by Gasteiger charge is 2.56. The van der Waals surface area contributed by atoms with Gasteiger partial charge in [-0.15, -0.1) is 0 Å². The molecule has 5 atom stereocenters. The van der Waals surface area contributed by atoms with Gasteiger partial charge in [0.2, 0.25) is 0 Å². The Kier molecular flexibility index (Phi) is 4.27. The molecule has 140 valence electrons. The van der Waals surface area contributed by atoms with Crippen LogP contribution < -0.4 is 10.6 Å². The second-order valence-corrected chi connectivity index (χ2v) is 9.72. The molecule has 2 N–H and O–H groups in total. The standard InChI is InChI=1S/C18H23N3O4S/c1-10(2)9-26(23,24)11-3-6-16(19-8-11)21-18(22)20-13-7-12-14-4-5-15(25-14)17(12)13/h3-6,8,10,12-15,17H,7,9H2,1-2H3,(H2,19,20,21,22)/t12-,13+,14-,15+,17+/m0/s1. The first kappa shape index (κ1) is 17.5. The fourth-order valence-electron chi connectivity index (χ4n) is 4.14. The van der Waals surface area contributed by atoms with Crippen molar-refractivity contribution in [3.05, 3.63) is 30.5 Å². The van der Waals surface area contributed by atoms with Crippen molar-refractivity contribution in [2.45, 2.75) is 43.4 Å². The molecular formula is C18H23N3O4S. The Morgan fingerprint density at radius 3 is 2.73 bits per heavy atom. The number of hydrogen-bond donors (Lipinski definition) is 2. The predicted molar refractivity (Wildman–Crippen MR) is 96.5 cm³/mol. The Morgan fingerprint density at radius 1 is 1.31 bits per heavy atom. The Hall–Kier alpha value is -1.93. The Labute approximate surface area is 153 Å². The molecule has 2 bridgehead atoms. The monoisotopic (exact) mass is 377 g/mol. The van der Waals surface area contributed by atoms with Crippen LogP contribution in [0, 0.1) is 17.8 Å². The van der Waals surface area contributed by atoms with E-state index >= 15 is 0 Å². The van der Waals surface area contributed by atoms with E-state index in [-0.39, 0.29) is 40.8 Å². The minimum Gasteiger partial charge on any atom is -0.366 e. The quantitative estimate of drug-likeness (QED) is 0.765. The molecule has 2 fully saturated rings. The van der Waals surface area contributed by atoms with E-state index in [1.165, 1.54) is 18.3 Å².